The first kappa shape index (κ1) is 25.8. The summed E-state index contributed by atoms with van der Waals surface area (Å²) in [5, 5.41) is 47.3. The van der Waals surface area contributed by atoms with Crippen molar-refractivity contribution in [1.29, 1.82) is 0 Å². The number of aliphatic hydroxyl groups is 4. The molecule has 1 aromatic carbocycles. The van der Waals surface area contributed by atoms with Crippen LogP contribution in [0.1, 0.15) is 5.56 Å². The fourth-order valence-electron chi connectivity index (χ4n) is 2.67. The molecule has 0 amide bonds. The van der Waals surface area contributed by atoms with Gasteiger partial charge in [-0.25, -0.2) is 14.6 Å². The van der Waals surface area contributed by atoms with Gasteiger partial charge in [0, 0.05) is 0 Å². The number of nitrogens with zero attached hydrogens (tertiary/aromatic N) is 1. The first-order chi connectivity index (χ1) is 15.4. The molecule has 7 N–H and O–H groups in total. The normalized spacial score (nSPS) is 26.9. The number of rotatable bonds is 6. The van der Waals surface area contributed by atoms with Crippen LogP contribution >= 0.6 is 0 Å². The van der Waals surface area contributed by atoms with Crippen molar-refractivity contribution in [3.63, 3.8) is 0 Å². The van der Waals surface area contributed by atoms with Gasteiger partial charge in [0.1, 0.15) is 29.7 Å². The van der Waals surface area contributed by atoms with Gasteiger partial charge in [0.2, 0.25) is 6.29 Å². The standard InChI is InChI=1S/C19H19F3N2O9/c20-19(21,22)8-3-1-4-9(7-8)24-15(23)10(5-2-6-25)17(31)33-18-13(28)11(26)12(27)14(32-18)16(29)30/h1-7,11-14,18,25-28H,(H2,23,24)(H,29,30). The number of amidine groups is 1. The molecule has 0 aromatic heterocycles. The average molecular weight is 476 g/mol. The monoisotopic (exact) mass is 476 g/mol. The zero-order chi connectivity index (χ0) is 24.9. The highest BCUT2D eigenvalue weighted by Crippen LogP contribution is 2.31. The van der Waals surface area contributed by atoms with Crippen LogP contribution in [0.15, 0.2) is 53.2 Å². The van der Waals surface area contributed by atoms with E-state index < -0.39 is 65.8 Å². The van der Waals surface area contributed by atoms with Crippen LogP contribution in [-0.4, -0.2) is 74.0 Å². The molecule has 1 fully saturated rings. The number of allylic oxidation sites excluding steroid dienone is 2. The number of carboxylic acids is 1. The third-order valence-electron chi connectivity index (χ3n) is 4.30. The second-order valence-electron chi connectivity index (χ2n) is 6.61. The number of halogens is 3. The predicted octanol–water partition coefficient (Wildman–Crippen LogP) is 0.128. The van der Waals surface area contributed by atoms with Crippen molar-refractivity contribution in [2.75, 3.05) is 0 Å². The number of esters is 1. The van der Waals surface area contributed by atoms with Crippen LogP contribution in [0.4, 0.5) is 18.9 Å². The lowest BCUT2D eigenvalue weighted by atomic mass is 9.99. The van der Waals surface area contributed by atoms with Crippen LogP contribution in [0.2, 0.25) is 0 Å². The zero-order valence-corrected chi connectivity index (χ0v) is 16.5. The fraction of sp³-hybridized carbons (Fsp3) is 0.316. The third kappa shape index (κ3) is 6.29. The van der Waals surface area contributed by atoms with E-state index in [0.29, 0.717) is 12.3 Å². The molecule has 2 rings (SSSR count). The van der Waals surface area contributed by atoms with Gasteiger partial charge in [0.25, 0.3) is 0 Å². The highest BCUT2D eigenvalue weighted by atomic mass is 19.4. The van der Waals surface area contributed by atoms with Crippen molar-refractivity contribution in [2.45, 2.75) is 36.9 Å². The molecular weight excluding hydrogens is 457 g/mol. The molecule has 0 saturated carbocycles. The number of aliphatic hydroxyl groups excluding tert-OH is 4. The van der Waals surface area contributed by atoms with Gasteiger partial charge in [-0.3, -0.25) is 0 Å². The summed E-state index contributed by atoms with van der Waals surface area (Å²) < 4.78 is 48.3. The van der Waals surface area contributed by atoms with E-state index in [4.69, 9.17) is 25.4 Å². The SMILES string of the molecule is NC(=Nc1cccc(C(F)(F)F)c1)C(=CC=CO)C(=O)OC1OC(C(=O)O)C(O)C(O)C1O. The van der Waals surface area contributed by atoms with Crippen molar-refractivity contribution in [3.05, 3.63) is 53.8 Å². The number of hydrogen-bond donors (Lipinski definition) is 6. The topological polar surface area (TPSA) is 192 Å². The van der Waals surface area contributed by atoms with E-state index >= 15 is 0 Å². The van der Waals surface area contributed by atoms with Crippen molar-refractivity contribution in [2.24, 2.45) is 10.7 Å². The molecule has 33 heavy (non-hydrogen) atoms. The Labute approximate surface area is 183 Å². The van der Waals surface area contributed by atoms with Gasteiger partial charge in [-0.1, -0.05) is 6.07 Å². The number of carboxylic acid groups (broad SMARTS) is 1. The second-order valence-corrected chi connectivity index (χ2v) is 6.61. The summed E-state index contributed by atoms with van der Waals surface area (Å²) in [5.41, 5.74) is 3.77. The van der Waals surface area contributed by atoms with Gasteiger partial charge in [-0.2, -0.15) is 13.2 Å². The van der Waals surface area contributed by atoms with Gasteiger partial charge in [0.05, 0.1) is 17.5 Å². The molecule has 11 nitrogen and oxygen atoms in total. The summed E-state index contributed by atoms with van der Waals surface area (Å²) in [6, 6.07) is 3.65. The first-order valence-corrected chi connectivity index (χ1v) is 9.03. The summed E-state index contributed by atoms with van der Waals surface area (Å²) >= 11 is 0. The van der Waals surface area contributed by atoms with Crippen LogP contribution in [0, 0.1) is 0 Å². The molecule has 1 saturated heterocycles. The van der Waals surface area contributed by atoms with Crippen LogP contribution in [0.5, 0.6) is 0 Å². The molecule has 5 unspecified atom stereocenters. The van der Waals surface area contributed by atoms with Crippen molar-refractivity contribution in [1.82, 2.24) is 0 Å². The second kappa shape index (κ2) is 10.4. The summed E-state index contributed by atoms with van der Waals surface area (Å²) in [6.07, 6.45) is -12.7. The Morgan fingerprint density at radius 3 is 2.39 bits per heavy atom. The minimum absolute atomic E-state index is 0.285. The van der Waals surface area contributed by atoms with E-state index in [-0.39, 0.29) is 5.69 Å². The highest BCUT2D eigenvalue weighted by molar-refractivity contribution is 6.19. The van der Waals surface area contributed by atoms with Crippen molar-refractivity contribution >= 4 is 23.5 Å². The lowest BCUT2D eigenvalue weighted by molar-refractivity contribution is -0.284. The molecule has 180 valence electrons. The summed E-state index contributed by atoms with van der Waals surface area (Å²) in [7, 11) is 0. The minimum Gasteiger partial charge on any atom is -0.516 e. The molecular formula is C19H19F3N2O9. The van der Waals surface area contributed by atoms with Crippen LogP contribution in [-0.2, 0) is 25.2 Å². The Hall–Kier alpha value is -3.46. The van der Waals surface area contributed by atoms with Gasteiger partial charge in [0.15, 0.2) is 6.10 Å². The van der Waals surface area contributed by atoms with Gasteiger partial charge in [-0.05, 0) is 30.4 Å². The molecule has 0 spiro atoms. The maximum absolute atomic E-state index is 12.9. The lowest BCUT2D eigenvalue weighted by Gasteiger charge is -2.38. The number of hydrogen-bond acceptors (Lipinski definition) is 9. The number of nitrogens with two attached hydrogens (primary N) is 1. The number of benzene rings is 1. The van der Waals surface area contributed by atoms with Gasteiger partial charge >= 0.3 is 18.1 Å². The maximum atomic E-state index is 12.9. The zero-order valence-electron chi connectivity index (χ0n) is 16.5. The summed E-state index contributed by atoms with van der Waals surface area (Å²) in [6.45, 7) is 0. The molecule has 14 heteroatoms. The van der Waals surface area contributed by atoms with E-state index in [0.717, 1.165) is 30.4 Å². The molecule has 0 radical (unpaired) electrons. The number of aliphatic carboxylic acids is 1. The Morgan fingerprint density at radius 2 is 1.82 bits per heavy atom. The molecule has 1 aliphatic rings. The van der Waals surface area contributed by atoms with Crippen LogP contribution in [0.25, 0.3) is 0 Å². The van der Waals surface area contributed by atoms with E-state index in [2.05, 4.69) is 4.99 Å². The van der Waals surface area contributed by atoms with Crippen LogP contribution < -0.4 is 5.73 Å². The van der Waals surface area contributed by atoms with Crippen molar-refractivity contribution < 1.29 is 57.8 Å². The number of ether oxygens (including phenoxy) is 2. The quantitative estimate of drug-likeness (QED) is 0.0821. The third-order valence-corrected chi connectivity index (χ3v) is 4.30. The van der Waals surface area contributed by atoms with E-state index in [1.54, 1.807) is 0 Å². The Kier molecular flexibility index (Phi) is 8.16. The molecule has 1 aromatic rings. The molecule has 1 aliphatic heterocycles. The Balaban J connectivity index is 2.32. The molecule has 0 aliphatic carbocycles. The maximum Gasteiger partial charge on any atom is 0.416 e. The largest absolute Gasteiger partial charge is 0.516 e. The average Bonchev–Trinajstić information content (AvgIpc) is 2.73. The Morgan fingerprint density at radius 1 is 1.15 bits per heavy atom. The number of carbonyl (C=O) groups is 2. The minimum atomic E-state index is -4.67. The van der Waals surface area contributed by atoms with Crippen LogP contribution in [0.3, 0.4) is 0 Å². The lowest BCUT2D eigenvalue weighted by Crippen LogP contribution is -2.60. The van der Waals surface area contributed by atoms with Gasteiger partial charge in [-0.15, -0.1) is 0 Å². The molecule has 5 atom stereocenters. The van der Waals surface area contributed by atoms with E-state index in [1.165, 1.54) is 0 Å². The summed E-state index contributed by atoms with van der Waals surface area (Å²) in [5.74, 6) is -3.80. The number of aliphatic imine (C=N–C) groups is 1. The molecule has 0 bridgehead atoms. The highest BCUT2D eigenvalue weighted by Gasteiger charge is 2.48. The first-order valence-electron chi connectivity index (χ1n) is 9.03. The fourth-order valence-corrected chi connectivity index (χ4v) is 2.67. The number of carbonyl (C=O) groups excluding carboxylic acids is 1. The predicted molar refractivity (Wildman–Crippen MR) is 103 cm³/mol. The van der Waals surface area contributed by atoms with E-state index in [9.17, 15) is 38.1 Å². The number of alkyl halides is 3. The van der Waals surface area contributed by atoms with E-state index in [1.807, 2.05) is 0 Å². The van der Waals surface area contributed by atoms with Gasteiger partial charge < -0.3 is 40.7 Å². The summed E-state index contributed by atoms with van der Waals surface area (Å²) in [4.78, 5) is 27.4. The smallest absolute Gasteiger partial charge is 0.416 e. The Bertz CT molecular complexity index is 978. The molecule has 1 heterocycles. The van der Waals surface area contributed by atoms with Crippen molar-refractivity contribution in [3.8, 4) is 0 Å².